The van der Waals surface area contributed by atoms with Crippen LogP contribution in [0.4, 0.5) is 0 Å². The molecule has 1 aliphatic carbocycles. The summed E-state index contributed by atoms with van der Waals surface area (Å²) in [5, 5.41) is 0. The van der Waals surface area contributed by atoms with Crippen LogP contribution in [-0.2, 0) is 18.5 Å². The average molecular weight is 397 g/mol. The Morgan fingerprint density at radius 3 is 2.30 bits per heavy atom. The second-order valence-electron chi connectivity index (χ2n) is 8.64. The summed E-state index contributed by atoms with van der Waals surface area (Å²) in [5.74, 6) is 0.264. The van der Waals surface area contributed by atoms with Crippen LogP contribution in [-0.4, -0.2) is 41.8 Å². The van der Waals surface area contributed by atoms with E-state index in [-0.39, 0.29) is 5.78 Å². The van der Waals surface area contributed by atoms with Gasteiger partial charge in [-0.3, -0.25) is 14.6 Å². The van der Waals surface area contributed by atoms with Gasteiger partial charge in [-0.1, -0.05) is 84.4 Å². The van der Waals surface area contributed by atoms with Gasteiger partial charge < -0.3 is 0 Å². The predicted molar refractivity (Wildman–Crippen MR) is 121 cm³/mol. The van der Waals surface area contributed by atoms with E-state index >= 15 is 0 Å². The monoisotopic (exact) mass is 396 g/mol. The summed E-state index contributed by atoms with van der Waals surface area (Å²) in [4.78, 5) is 18.8. The van der Waals surface area contributed by atoms with E-state index in [0.29, 0.717) is 0 Å². The van der Waals surface area contributed by atoms with E-state index in [4.69, 9.17) is 0 Å². The van der Waals surface area contributed by atoms with E-state index in [1.807, 2.05) is 12.1 Å². The van der Waals surface area contributed by atoms with Crippen LogP contribution in [0.25, 0.3) is 0 Å². The number of rotatable bonds is 4. The molecule has 1 atom stereocenters. The van der Waals surface area contributed by atoms with Gasteiger partial charge in [-0.2, -0.15) is 0 Å². The summed E-state index contributed by atoms with van der Waals surface area (Å²) >= 11 is 0. The van der Waals surface area contributed by atoms with Crippen molar-refractivity contribution in [1.82, 2.24) is 9.80 Å². The lowest BCUT2D eigenvalue weighted by atomic mass is 9.82. The first-order chi connectivity index (χ1) is 14.7. The lowest BCUT2D eigenvalue weighted by molar-refractivity contribution is 0.0288. The maximum absolute atomic E-state index is 13.8. The van der Waals surface area contributed by atoms with E-state index in [2.05, 4.69) is 83.5 Å². The van der Waals surface area contributed by atoms with Gasteiger partial charge in [0.25, 0.3) is 0 Å². The number of aryl methyl sites for hydroxylation is 1. The van der Waals surface area contributed by atoms with Crippen molar-refractivity contribution in [3.63, 3.8) is 0 Å². The van der Waals surface area contributed by atoms with E-state index < -0.39 is 5.54 Å². The predicted octanol–water partition coefficient (Wildman–Crippen LogP) is 4.45. The summed E-state index contributed by atoms with van der Waals surface area (Å²) in [6, 6.07) is 27.4. The number of hydrogen-bond donors (Lipinski definition) is 0. The maximum atomic E-state index is 13.8. The number of piperazine rings is 1. The topological polar surface area (TPSA) is 23.6 Å². The molecule has 3 nitrogen and oxygen atoms in total. The Labute approximate surface area is 178 Å². The first-order valence-electron chi connectivity index (χ1n) is 10.9. The van der Waals surface area contributed by atoms with E-state index in [1.54, 1.807) is 0 Å². The number of Topliss-reactive ketones (excluding diaryl/α,β-unsaturated/α-hetero) is 1. The van der Waals surface area contributed by atoms with Crippen LogP contribution in [0.2, 0.25) is 0 Å². The zero-order valence-electron chi connectivity index (χ0n) is 17.6. The third-order valence-corrected chi connectivity index (χ3v) is 6.74. The molecular weight excluding hydrogens is 368 g/mol. The molecule has 0 aromatic heterocycles. The maximum Gasteiger partial charge on any atom is 0.188 e. The minimum Gasteiger partial charge on any atom is -0.297 e. The summed E-state index contributed by atoms with van der Waals surface area (Å²) in [6.45, 7) is 6.85. The molecular formula is C27H28N2O. The highest BCUT2D eigenvalue weighted by molar-refractivity contribution is 6.08. The summed E-state index contributed by atoms with van der Waals surface area (Å²) in [7, 11) is 0. The molecule has 1 heterocycles. The Kier molecular flexibility index (Phi) is 5.01. The Hall–Kier alpha value is -2.75. The largest absolute Gasteiger partial charge is 0.297 e. The van der Waals surface area contributed by atoms with Crippen LogP contribution in [0.5, 0.6) is 0 Å². The molecule has 1 fully saturated rings. The molecule has 152 valence electrons. The third-order valence-electron chi connectivity index (χ3n) is 6.74. The molecule has 30 heavy (non-hydrogen) atoms. The number of nitrogens with zero attached hydrogens (tertiary/aromatic N) is 2. The van der Waals surface area contributed by atoms with Gasteiger partial charge in [0.15, 0.2) is 5.78 Å². The molecule has 3 heteroatoms. The lowest BCUT2D eigenvalue weighted by Gasteiger charge is -2.45. The van der Waals surface area contributed by atoms with Crippen LogP contribution in [0.15, 0.2) is 78.9 Å². The van der Waals surface area contributed by atoms with Gasteiger partial charge >= 0.3 is 0 Å². The SMILES string of the molecule is Cc1cccc(C2(N3CCN(Cc4ccccc4)CC3)Cc3ccccc3C2=O)c1. The highest BCUT2D eigenvalue weighted by atomic mass is 16.1. The molecule has 0 radical (unpaired) electrons. The zero-order valence-corrected chi connectivity index (χ0v) is 17.6. The molecule has 5 rings (SSSR count). The zero-order chi connectivity index (χ0) is 20.6. The Bertz CT molecular complexity index is 1050. The highest BCUT2D eigenvalue weighted by Crippen LogP contribution is 2.43. The second kappa shape index (κ2) is 7.82. The molecule has 3 aromatic rings. The third kappa shape index (κ3) is 3.28. The van der Waals surface area contributed by atoms with Gasteiger partial charge in [-0.15, -0.1) is 0 Å². The van der Waals surface area contributed by atoms with Gasteiger partial charge in [0.05, 0.1) is 0 Å². The fourth-order valence-electron chi connectivity index (χ4n) is 5.18. The molecule has 0 N–H and O–H groups in total. The minimum atomic E-state index is -0.575. The fourth-order valence-corrected chi connectivity index (χ4v) is 5.18. The Morgan fingerprint density at radius 2 is 1.57 bits per heavy atom. The standard InChI is InChI=1S/C27H28N2O/c1-21-8-7-12-24(18-21)27(19-23-11-5-6-13-25(23)26(27)30)29-16-14-28(15-17-29)20-22-9-3-2-4-10-22/h2-13,18H,14-17,19-20H2,1H3. The summed E-state index contributed by atoms with van der Waals surface area (Å²) < 4.78 is 0. The van der Waals surface area contributed by atoms with Crippen molar-refractivity contribution in [2.24, 2.45) is 0 Å². The number of carbonyl (C=O) groups excluding carboxylic acids is 1. The Balaban J connectivity index is 1.44. The lowest BCUT2D eigenvalue weighted by Crippen LogP contribution is -2.58. The molecule has 1 saturated heterocycles. The van der Waals surface area contributed by atoms with Gasteiger partial charge in [0.1, 0.15) is 5.54 Å². The molecule has 1 aliphatic heterocycles. The minimum absolute atomic E-state index is 0.264. The van der Waals surface area contributed by atoms with Crippen molar-refractivity contribution in [3.05, 3.63) is 107 Å². The Morgan fingerprint density at radius 1 is 0.833 bits per heavy atom. The molecule has 3 aromatic carbocycles. The van der Waals surface area contributed by atoms with Gasteiger partial charge in [0.2, 0.25) is 0 Å². The number of benzene rings is 3. The molecule has 2 aliphatic rings. The number of hydrogen-bond acceptors (Lipinski definition) is 3. The van der Waals surface area contributed by atoms with Crippen LogP contribution >= 0.6 is 0 Å². The van der Waals surface area contributed by atoms with Crippen molar-refractivity contribution in [2.45, 2.75) is 25.4 Å². The van der Waals surface area contributed by atoms with Crippen LogP contribution in [0.3, 0.4) is 0 Å². The number of carbonyl (C=O) groups is 1. The molecule has 0 amide bonds. The number of fused-ring (bicyclic) bond motifs is 1. The average Bonchev–Trinajstić information content (AvgIpc) is 3.09. The summed E-state index contributed by atoms with van der Waals surface area (Å²) in [6.07, 6.45) is 0.768. The first-order valence-corrected chi connectivity index (χ1v) is 10.9. The van der Waals surface area contributed by atoms with Gasteiger partial charge in [0, 0.05) is 44.7 Å². The van der Waals surface area contributed by atoms with Crippen molar-refractivity contribution >= 4 is 5.78 Å². The quantitative estimate of drug-likeness (QED) is 0.651. The van der Waals surface area contributed by atoms with Gasteiger partial charge in [-0.25, -0.2) is 0 Å². The molecule has 0 saturated carbocycles. The highest BCUT2D eigenvalue weighted by Gasteiger charge is 2.51. The first kappa shape index (κ1) is 19.2. The van der Waals surface area contributed by atoms with Crippen LogP contribution in [0.1, 0.15) is 32.6 Å². The number of ketones is 1. The fraction of sp³-hybridized carbons (Fsp3) is 0.296. The molecule has 0 bridgehead atoms. The normalized spacial score (nSPS) is 22.2. The summed E-state index contributed by atoms with van der Waals surface area (Å²) in [5.41, 5.74) is 5.19. The van der Waals surface area contributed by atoms with Crippen molar-refractivity contribution in [2.75, 3.05) is 26.2 Å². The van der Waals surface area contributed by atoms with Crippen molar-refractivity contribution < 1.29 is 4.79 Å². The molecule has 0 spiro atoms. The van der Waals surface area contributed by atoms with E-state index in [1.165, 1.54) is 16.7 Å². The van der Waals surface area contributed by atoms with E-state index in [9.17, 15) is 4.79 Å². The van der Waals surface area contributed by atoms with Gasteiger partial charge in [-0.05, 0) is 23.6 Å². The second-order valence-corrected chi connectivity index (χ2v) is 8.64. The van der Waals surface area contributed by atoms with E-state index in [0.717, 1.165) is 50.3 Å². The van der Waals surface area contributed by atoms with Crippen LogP contribution < -0.4 is 0 Å². The molecule has 1 unspecified atom stereocenters. The van der Waals surface area contributed by atoms with Crippen molar-refractivity contribution in [3.8, 4) is 0 Å². The van der Waals surface area contributed by atoms with Crippen molar-refractivity contribution in [1.29, 1.82) is 0 Å². The van der Waals surface area contributed by atoms with Crippen LogP contribution in [0, 0.1) is 6.92 Å². The smallest absolute Gasteiger partial charge is 0.188 e.